The monoisotopic (exact) mass is 334 g/mol. The summed E-state index contributed by atoms with van der Waals surface area (Å²) in [4.78, 5) is 19.7. The molecule has 0 spiro atoms. The average Bonchev–Trinajstić information content (AvgIpc) is 3.33. The van der Waals surface area contributed by atoms with Gasteiger partial charge in [-0.3, -0.25) is 4.79 Å². The van der Waals surface area contributed by atoms with Crippen LogP contribution in [0, 0.1) is 12.8 Å². The molecular formula is C20H22N4O. The van der Waals surface area contributed by atoms with Crippen molar-refractivity contribution in [3.63, 3.8) is 0 Å². The van der Waals surface area contributed by atoms with Gasteiger partial charge in [-0.15, -0.1) is 0 Å². The van der Waals surface area contributed by atoms with Crippen LogP contribution in [0.1, 0.15) is 34.3 Å². The molecule has 4 rings (SSSR count). The van der Waals surface area contributed by atoms with Gasteiger partial charge in [0.2, 0.25) is 0 Å². The zero-order valence-electron chi connectivity index (χ0n) is 14.3. The number of carbonyl (C=O) groups excluding carboxylic acids is 1. The summed E-state index contributed by atoms with van der Waals surface area (Å²) in [6.45, 7) is 3.52. The van der Waals surface area contributed by atoms with E-state index < -0.39 is 0 Å². The SMILES string of the molecule is Cc1ccc(C(=O)NCC2CC2)cc1NCc1ccnc2[nH]ccc12. The Morgan fingerprint density at radius 2 is 2.16 bits per heavy atom. The van der Waals surface area contributed by atoms with Crippen LogP contribution in [0.2, 0.25) is 0 Å². The largest absolute Gasteiger partial charge is 0.381 e. The molecule has 25 heavy (non-hydrogen) atoms. The van der Waals surface area contributed by atoms with E-state index in [0.717, 1.165) is 28.8 Å². The molecule has 3 aromatic rings. The molecule has 0 saturated heterocycles. The number of pyridine rings is 1. The first kappa shape index (κ1) is 15.7. The van der Waals surface area contributed by atoms with Gasteiger partial charge >= 0.3 is 0 Å². The van der Waals surface area contributed by atoms with Gasteiger partial charge in [-0.1, -0.05) is 6.07 Å². The summed E-state index contributed by atoms with van der Waals surface area (Å²) in [5.74, 6) is 0.689. The topological polar surface area (TPSA) is 69.8 Å². The Hall–Kier alpha value is -2.82. The second-order valence-electron chi connectivity index (χ2n) is 6.75. The molecule has 1 amide bonds. The predicted molar refractivity (Wildman–Crippen MR) is 99.7 cm³/mol. The van der Waals surface area contributed by atoms with E-state index >= 15 is 0 Å². The molecule has 0 aliphatic heterocycles. The van der Waals surface area contributed by atoms with Gasteiger partial charge < -0.3 is 15.6 Å². The third-order valence-electron chi connectivity index (χ3n) is 4.77. The van der Waals surface area contributed by atoms with Gasteiger partial charge in [0.15, 0.2) is 0 Å². The maximum absolute atomic E-state index is 12.3. The van der Waals surface area contributed by atoms with Gasteiger partial charge in [0.1, 0.15) is 5.65 Å². The number of anilines is 1. The van der Waals surface area contributed by atoms with Gasteiger partial charge in [0.25, 0.3) is 5.91 Å². The van der Waals surface area contributed by atoms with Crippen molar-refractivity contribution in [2.75, 3.05) is 11.9 Å². The molecule has 0 atom stereocenters. The first-order chi connectivity index (χ1) is 12.2. The van der Waals surface area contributed by atoms with Crippen LogP contribution in [0.4, 0.5) is 5.69 Å². The lowest BCUT2D eigenvalue weighted by Crippen LogP contribution is -2.25. The number of amides is 1. The van der Waals surface area contributed by atoms with Gasteiger partial charge in [-0.05, 0) is 61.1 Å². The number of carbonyl (C=O) groups is 1. The lowest BCUT2D eigenvalue weighted by atomic mass is 10.1. The smallest absolute Gasteiger partial charge is 0.251 e. The number of hydrogen-bond acceptors (Lipinski definition) is 3. The van der Waals surface area contributed by atoms with Gasteiger partial charge in [0, 0.05) is 42.1 Å². The molecule has 0 bridgehead atoms. The Balaban J connectivity index is 1.48. The Labute approximate surface area is 146 Å². The summed E-state index contributed by atoms with van der Waals surface area (Å²) >= 11 is 0. The first-order valence-corrected chi connectivity index (χ1v) is 8.74. The zero-order valence-corrected chi connectivity index (χ0v) is 14.3. The van der Waals surface area contributed by atoms with Gasteiger partial charge in [-0.25, -0.2) is 4.98 Å². The van der Waals surface area contributed by atoms with Gasteiger partial charge in [-0.2, -0.15) is 0 Å². The number of H-pyrrole nitrogens is 1. The summed E-state index contributed by atoms with van der Waals surface area (Å²) < 4.78 is 0. The summed E-state index contributed by atoms with van der Waals surface area (Å²) in [5.41, 5.74) is 4.88. The van der Waals surface area contributed by atoms with Crippen molar-refractivity contribution < 1.29 is 4.79 Å². The second-order valence-corrected chi connectivity index (χ2v) is 6.75. The fourth-order valence-electron chi connectivity index (χ4n) is 2.98. The van der Waals surface area contributed by atoms with Crippen LogP contribution in [0.3, 0.4) is 0 Å². The van der Waals surface area contributed by atoms with Crippen LogP contribution in [-0.2, 0) is 6.54 Å². The van der Waals surface area contributed by atoms with E-state index in [1.165, 1.54) is 18.4 Å². The van der Waals surface area contributed by atoms with Crippen molar-refractivity contribution in [3.8, 4) is 0 Å². The van der Waals surface area contributed by atoms with E-state index in [0.29, 0.717) is 18.0 Å². The van der Waals surface area contributed by atoms with E-state index in [1.807, 2.05) is 49.6 Å². The highest BCUT2D eigenvalue weighted by Crippen LogP contribution is 2.27. The first-order valence-electron chi connectivity index (χ1n) is 8.74. The number of benzene rings is 1. The third-order valence-corrected chi connectivity index (χ3v) is 4.77. The summed E-state index contributed by atoms with van der Waals surface area (Å²) in [7, 11) is 0. The molecule has 5 nitrogen and oxygen atoms in total. The van der Waals surface area contributed by atoms with E-state index in [4.69, 9.17) is 0 Å². The number of aryl methyl sites for hydroxylation is 1. The normalized spacial score (nSPS) is 13.8. The molecule has 1 aromatic carbocycles. The molecule has 0 radical (unpaired) electrons. The molecule has 1 fully saturated rings. The molecule has 1 aliphatic carbocycles. The van der Waals surface area contributed by atoms with Crippen LogP contribution in [0.25, 0.3) is 11.0 Å². The van der Waals surface area contributed by atoms with Crippen LogP contribution in [0.5, 0.6) is 0 Å². The second kappa shape index (κ2) is 6.59. The molecule has 5 heteroatoms. The van der Waals surface area contributed by atoms with Crippen molar-refractivity contribution in [2.45, 2.75) is 26.3 Å². The molecule has 128 valence electrons. The lowest BCUT2D eigenvalue weighted by molar-refractivity contribution is 0.0952. The summed E-state index contributed by atoms with van der Waals surface area (Å²) in [6.07, 6.45) is 6.18. The third kappa shape index (κ3) is 3.50. The molecule has 1 saturated carbocycles. The Kier molecular flexibility index (Phi) is 4.14. The predicted octanol–water partition coefficient (Wildman–Crippen LogP) is 3.62. The average molecular weight is 334 g/mol. The molecular weight excluding hydrogens is 312 g/mol. The fourth-order valence-corrected chi connectivity index (χ4v) is 2.98. The summed E-state index contributed by atoms with van der Waals surface area (Å²) in [6, 6.07) is 9.87. The maximum atomic E-state index is 12.3. The minimum absolute atomic E-state index is 0.00638. The standard InChI is InChI=1S/C20H22N4O/c1-13-2-5-15(20(25)24-11-14-3-4-14)10-18(13)23-12-16-6-8-21-19-17(16)7-9-22-19/h2,5-10,14,23H,3-4,11-12H2,1H3,(H,21,22)(H,24,25). The van der Waals surface area contributed by atoms with Crippen LogP contribution < -0.4 is 10.6 Å². The summed E-state index contributed by atoms with van der Waals surface area (Å²) in [5, 5.41) is 7.60. The van der Waals surface area contributed by atoms with E-state index in [-0.39, 0.29) is 5.91 Å². The van der Waals surface area contributed by atoms with E-state index in [1.54, 1.807) is 0 Å². The Morgan fingerprint density at radius 1 is 1.28 bits per heavy atom. The van der Waals surface area contributed by atoms with Crippen LogP contribution in [-0.4, -0.2) is 22.4 Å². The van der Waals surface area contributed by atoms with Crippen molar-refractivity contribution in [3.05, 3.63) is 59.4 Å². The van der Waals surface area contributed by atoms with Crippen LogP contribution >= 0.6 is 0 Å². The van der Waals surface area contributed by atoms with Crippen molar-refractivity contribution in [1.29, 1.82) is 0 Å². The van der Waals surface area contributed by atoms with Crippen molar-refractivity contribution >= 4 is 22.6 Å². The minimum atomic E-state index is 0.00638. The van der Waals surface area contributed by atoms with Crippen molar-refractivity contribution in [2.24, 2.45) is 5.92 Å². The van der Waals surface area contributed by atoms with Crippen molar-refractivity contribution in [1.82, 2.24) is 15.3 Å². The Morgan fingerprint density at radius 3 is 3.00 bits per heavy atom. The number of hydrogen-bond donors (Lipinski definition) is 3. The van der Waals surface area contributed by atoms with E-state index in [9.17, 15) is 4.79 Å². The highest BCUT2D eigenvalue weighted by molar-refractivity contribution is 5.95. The maximum Gasteiger partial charge on any atom is 0.251 e. The fraction of sp³-hybridized carbons (Fsp3) is 0.300. The number of aromatic amines is 1. The highest BCUT2D eigenvalue weighted by atomic mass is 16.1. The molecule has 1 aliphatic rings. The molecule has 2 heterocycles. The van der Waals surface area contributed by atoms with Crippen LogP contribution in [0.15, 0.2) is 42.7 Å². The number of nitrogens with zero attached hydrogens (tertiary/aromatic N) is 1. The lowest BCUT2D eigenvalue weighted by Gasteiger charge is -2.12. The minimum Gasteiger partial charge on any atom is -0.381 e. The molecule has 0 unspecified atom stereocenters. The molecule has 2 aromatic heterocycles. The Bertz CT molecular complexity index is 911. The molecule has 3 N–H and O–H groups in total. The highest BCUT2D eigenvalue weighted by Gasteiger charge is 2.22. The zero-order chi connectivity index (χ0) is 17.2. The quantitative estimate of drug-likeness (QED) is 0.645. The van der Waals surface area contributed by atoms with E-state index in [2.05, 4.69) is 20.6 Å². The number of nitrogens with one attached hydrogen (secondary N) is 3. The number of aromatic nitrogens is 2. The number of rotatable bonds is 6. The number of fused-ring (bicyclic) bond motifs is 1. The van der Waals surface area contributed by atoms with Gasteiger partial charge in [0.05, 0.1) is 0 Å².